The second-order valence-corrected chi connectivity index (χ2v) is 7.89. The highest BCUT2D eigenvalue weighted by atomic mass is 35.5. The molecule has 7 heteroatoms. The molecule has 1 unspecified atom stereocenters. The van der Waals surface area contributed by atoms with Crippen molar-refractivity contribution in [2.75, 3.05) is 31.1 Å². The van der Waals surface area contributed by atoms with E-state index in [-0.39, 0.29) is 11.7 Å². The Balaban J connectivity index is 1.57. The number of rotatable bonds is 5. The molecule has 1 fully saturated rings. The summed E-state index contributed by atoms with van der Waals surface area (Å²) in [4.78, 5) is 15.1. The molecule has 1 aliphatic heterocycles. The summed E-state index contributed by atoms with van der Waals surface area (Å²) in [6, 6.07) is 25.0. The molecule has 3 aromatic carbocycles. The maximum Gasteiger partial charge on any atom is 0.270 e. The fraction of sp³-hybridized carbons (Fsp3) is 0.208. The second-order valence-electron chi connectivity index (χ2n) is 7.46. The van der Waals surface area contributed by atoms with Crippen molar-refractivity contribution in [3.63, 3.8) is 0 Å². The molecule has 0 spiro atoms. The minimum atomic E-state index is -0.473. The Morgan fingerprint density at radius 2 is 1.58 bits per heavy atom. The van der Waals surface area contributed by atoms with E-state index in [9.17, 15) is 15.4 Å². The van der Waals surface area contributed by atoms with Gasteiger partial charge >= 0.3 is 0 Å². The van der Waals surface area contributed by atoms with Gasteiger partial charge in [0.1, 0.15) is 6.07 Å². The average molecular weight is 433 g/mol. The summed E-state index contributed by atoms with van der Waals surface area (Å²) in [5.74, 6) is 0. The number of nitro benzene ring substituents is 1. The maximum absolute atomic E-state index is 11.0. The third-order valence-electron chi connectivity index (χ3n) is 5.63. The van der Waals surface area contributed by atoms with Crippen LogP contribution in [0.1, 0.15) is 22.7 Å². The zero-order valence-electron chi connectivity index (χ0n) is 16.8. The van der Waals surface area contributed by atoms with E-state index in [2.05, 4.69) is 40.1 Å². The zero-order valence-corrected chi connectivity index (χ0v) is 17.6. The van der Waals surface area contributed by atoms with Crippen LogP contribution in [0.3, 0.4) is 0 Å². The van der Waals surface area contributed by atoms with Gasteiger partial charge in [-0.1, -0.05) is 54.1 Å². The van der Waals surface area contributed by atoms with Gasteiger partial charge in [0.15, 0.2) is 0 Å². The largest absolute Gasteiger partial charge is 0.368 e. The van der Waals surface area contributed by atoms with Crippen molar-refractivity contribution >= 4 is 23.0 Å². The minimum Gasteiger partial charge on any atom is -0.368 e. The molecule has 1 aliphatic rings. The average Bonchev–Trinajstić information content (AvgIpc) is 2.81. The van der Waals surface area contributed by atoms with E-state index in [1.807, 2.05) is 30.3 Å². The van der Waals surface area contributed by atoms with E-state index in [4.69, 9.17) is 11.6 Å². The summed E-state index contributed by atoms with van der Waals surface area (Å²) in [7, 11) is 0. The van der Waals surface area contributed by atoms with Gasteiger partial charge in [0.25, 0.3) is 5.69 Å². The van der Waals surface area contributed by atoms with E-state index in [1.165, 1.54) is 23.3 Å². The van der Waals surface area contributed by atoms with Crippen LogP contribution in [-0.4, -0.2) is 36.0 Å². The molecule has 1 saturated heterocycles. The smallest absolute Gasteiger partial charge is 0.270 e. The molecule has 156 valence electrons. The van der Waals surface area contributed by atoms with E-state index in [0.717, 1.165) is 31.9 Å². The lowest BCUT2D eigenvalue weighted by atomic mass is 9.96. The molecule has 0 aromatic heterocycles. The second kappa shape index (κ2) is 9.17. The Kier molecular flexibility index (Phi) is 6.17. The molecule has 0 bridgehead atoms. The van der Waals surface area contributed by atoms with Crippen molar-refractivity contribution in [1.29, 1.82) is 5.26 Å². The lowest BCUT2D eigenvalue weighted by Gasteiger charge is -2.41. The molecule has 1 heterocycles. The van der Waals surface area contributed by atoms with Crippen LogP contribution < -0.4 is 4.90 Å². The first kappa shape index (κ1) is 20.9. The molecule has 0 amide bonds. The summed E-state index contributed by atoms with van der Waals surface area (Å²) < 4.78 is 0. The zero-order chi connectivity index (χ0) is 21.8. The topological polar surface area (TPSA) is 73.4 Å². The fourth-order valence-corrected chi connectivity index (χ4v) is 4.24. The van der Waals surface area contributed by atoms with Crippen LogP contribution in [-0.2, 0) is 0 Å². The Bertz CT molecular complexity index is 1100. The SMILES string of the molecule is N#Cc1cc([N+](=O)[O-])ccc1N1CCN(C(c2ccccc2)c2ccc(Cl)cc2)CC1. The quantitative estimate of drug-likeness (QED) is 0.417. The summed E-state index contributed by atoms with van der Waals surface area (Å²) in [5, 5.41) is 21.2. The first-order valence-corrected chi connectivity index (χ1v) is 10.4. The maximum atomic E-state index is 11.0. The number of halogens is 1. The molecule has 1 atom stereocenters. The first-order valence-electron chi connectivity index (χ1n) is 10.0. The fourth-order valence-electron chi connectivity index (χ4n) is 4.12. The summed E-state index contributed by atoms with van der Waals surface area (Å²) in [6.45, 7) is 3.04. The molecule has 0 saturated carbocycles. The van der Waals surface area contributed by atoms with Crippen LogP contribution in [0.4, 0.5) is 11.4 Å². The van der Waals surface area contributed by atoms with Crippen molar-refractivity contribution < 1.29 is 4.92 Å². The highest BCUT2D eigenvalue weighted by Crippen LogP contribution is 2.32. The number of nitro groups is 1. The summed E-state index contributed by atoms with van der Waals surface area (Å²) >= 11 is 6.11. The lowest BCUT2D eigenvalue weighted by molar-refractivity contribution is -0.384. The van der Waals surface area contributed by atoms with Gasteiger partial charge in [-0.15, -0.1) is 0 Å². The monoisotopic (exact) mass is 432 g/mol. The van der Waals surface area contributed by atoms with Crippen LogP contribution >= 0.6 is 11.6 Å². The van der Waals surface area contributed by atoms with Crippen LogP contribution in [0.2, 0.25) is 5.02 Å². The van der Waals surface area contributed by atoms with Crippen molar-refractivity contribution in [3.8, 4) is 6.07 Å². The van der Waals surface area contributed by atoms with Crippen LogP contribution in [0.25, 0.3) is 0 Å². The van der Waals surface area contributed by atoms with Crippen molar-refractivity contribution in [2.45, 2.75) is 6.04 Å². The molecule has 0 aliphatic carbocycles. The lowest BCUT2D eigenvalue weighted by Crippen LogP contribution is -2.48. The molecule has 4 rings (SSSR count). The van der Waals surface area contributed by atoms with Gasteiger partial charge in [-0.05, 0) is 29.3 Å². The van der Waals surface area contributed by atoms with Crippen molar-refractivity contribution in [2.24, 2.45) is 0 Å². The Morgan fingerprint density at radius 3 is 2.19 bits per heavy atom. The number of non-ortho nitro benzene ring substituents is 1. The highest BCUT2D eigenvalue weighted by molar-refractivity contribution is 6.30. The first-order chi connectivity index (χ1) is 15.1. The van der Waals surface area contributed by atoms with Crippen LogP contribution in [0.5, 0.6) is 0 Å². The van der Waals surface area contributed by atoms with Crippen molar-refractivity contribution in [1.82, 2.24) is 4.90 Å². The number of hydrogen-bond acceptors (Lipinski definition) is 5. The van der Waals surface area contributed by atoms with E-state index in [1.54, 1.807) is 6.07 Å². The molecule has 6 nitrogen and oxygen atoms in total. The Labute approximate surface area is 186 Å². The number of nitrogens with zero attached hydrogens (tertiary/aromatic N) is 4. The predicted octanol–water partition coefficient (Wildman–Crippen LogP) is 5.03. The number of anilines is 1. The van der Waals surface area contributed by atoms with E-state index < -0.39 is 4.92 Å². The van der Waals surface area contributed by atoms with Gasteiger partial charge in [-0.2, -0.15) is 5.26 Å². The summed E-state index contributed by atoms with van der Waals surface area (Å²) in [5.41, 5.74) is 3.41. The molecule has 3 aromatic rings. The van der Waals surface area contributed by atoms with Gasteiger partial charge < -0.3 is 4.90 Å². The molecular weight excluding hydrogens is 412 g/mol. The molecule has 0 radical (unpaired) electrons. The van der Waals surface area contributed by atoms with Gasteiger partial charge in [-0.25, -0.2) is 0 Å². The van der Waals surface area contributed by atoms with E-state index in [0.29, 0.717) is 10.6 Å². The van der Waals surface area contributed by atoms with Gasteiger partial charge in [0.2, 0.25) is 0 Å². The number of nitriles is 1. The third kappa shape index (κ3) is 4.53. The molecular formula is C24H21ClN4O2. The Morgan fingerprint density at radius 1 is 0.935 bits per heavy atom. The normalized spacial score (nSPS) is 15.3. The van der Waals surface area contributed by atoms with Gasteiger partial charge in [0.05, 0.1) is 22.2 Å². The van der Waals surface area contributed by atoms with Crippen molar-refractivity contribution in [3.05, 3.63) is 105 Å². The number of benzene rings is 3. The number of hydrogen-bond donors (Lipinski definition) is 0. The van der Waals surface area contributed by atoms with Gasteiger partial charge in [0, 0.05) is 43.3 Å². The minimum absolute atomic E-state index is 0.0641. The van der Waals surface area contributed by atoms with Crippen LogP contribution in [0, 0.1) is 21.4 Å². The number of piperazine rings is 1. The van der Waals surface area contributed by atoms with E-state index >= 15 is 0 Å². The Hall–Kier alpha value is -3.40. The molecule has 0 N–H and O–H groups in total. The van der Waals surface area contributed by atoms with Crippen LogP contribution in [0.15, 0.2) is 72.8 Å². The predicted molar refractivity (Wildman–Crippen MR) is 121 cm³/mol. The standard InChI is InChI=1S/C24H21ClN4O2/c25-21-8-6-19(7-9-21)24(18-4-2-1-3-5-18)28-14-12-27(13-15-28)23-11-10-22(29(30)31)16-20(23)17-26/h1-11,16,24H,12-15H2. The summed E-state index contributed by atoms with van der Waals surface area (Å²) in [6.07, 6.45) is 0. The third-order valence-corrected chi connectivity index (χ3v) is 5.88. The van der Waals surface area contributed by atoms with Gasteiger partial charge in [-0.3, -0.25) is 15.0 Å². The molecule has 31 heavy (non-hydrogen) atoms. The highest BCUT2D eigenvalue weighted by Gasteiger charge is 2.27.